The van der Waals surface area contributed by atoms with Crippen LogP contribution in [0, 0.1) is 20.8 Å². The van der Waals surface area contributed by atoms with Crippen molar-refractivity contribution in [3.8, 4) is 5.75 Å². The van der Waals surface area contributed by atoms with Crippen molar-refractivity contribution in [2.24, 2.45) is 5.10 Å². The highest BCUT2D eigenvalue weighted by Crippen LogP contribution is 2.26. The fourth-order valence-corrected chi connectivity index (χ4v) is 5.24. The van der Waals surface area contributed by atoms with Crippen molar-refractivity contribution in [1.29, 1.82) is 0 Å². The van der Waals surface area contributed by atoms with Gasteiger partial charge >= 0.3 is 0 Å². The van der Waals surface area contributed by atoms with Gasteiger partial charge in [-0.15, -0.1) is 0 Å². The summed E-state index contributed by atoms with van der Waals surface area (Å²) in [6, 6.07) is 21.9. The number of carbonyl (C=O) groups excluding carboxylic acids is 2. The first-order chi connectivity index (χ1) is 20.1. The number of carbonyl (C=O) groups is 2. The van der Waals surface area contributed by atoms with Crippen LogP contribution < -0.4 is 19.8 Å². The van der Waals surface area contributed by atoms with Crippen molar-refractivity contribution < 1.29 is 27.2 Å². The summed E-state index contributed by atoms with van der Waals surface area (Å²) >= 11 is 0. The Balaban J connectivity index is 1.35. The maximum atomic E-state index is 13.6. The summed E-state index contributed by atoms with van der Waals surface area (Å²) in [4.78, 5) is 24.9. The summed E-state index contributed by atoms with van der Waals surface area (Å²) in [6.07, 6.45) is 2.96. The minimum Gasteiger partial charge on any atom is -0.484 e. The number of hydrogen-bond acceptors (Lipinski definition) is 7. The van der Waals surface area contributed by atoms with Crippen molar-refractivity contribution in [2.75, 3.05) is 17.5 Å². The summed E-state index contributed by atoms with van der Waals surface area (Å²) in [5.41, 5.74) is 6.26. The van der Waals surface area contributed by atoms with Crippen LogP contribution in [0.25, 0.3) is 0 Å². The summed E-state index contributed by atoms with van der Waals surface area (Å²) < 4.78 is 38.8. The van der Waals surface area contributed by atoms with Crippen molar-refractivity contribution in [3.05, 3.63) is 113 Å². The minimum atomic E-state index is -4.03. The third-order valence-electron chi connectivity index (χ3n) is 6.37. The second-order valence-corrected chi connectivity index (χ2v) is 11.5. The topological polar surface area (TPSA) is 130 Å². The van der Waals surface area contributed by atoms with Crippen LogP contribution in [0.3, 0.4) is 0 Å². The van der Waals surface area contributed by atoms with E-state index in [4.69, 9.17) is 9.15 Å². The van der Waals surface area contributed by atoms with Gasteiger partial charge in [0.05, 0.1) is 29.6 Å². The lowest BCUT2D eigenvalue weighted by Crippen LogP contribution is -2.39. The molecule has 11 heteroatoms. The van der Waals surface area contributed by atoms with Gasteiger partial charge in [-0.25, -0.2) is 13.8 Å². The van der Waals surface area contributed by atoms with Crippen molar-refractivity contribution >= 4 is 33.7 Å². The number of ether oxygens (including phenoxy) is 1. The SMILES string of the molecule is Cc1ccc(S(=O)(=O)N(CC(=O)N/N=C/c2ccc(OCC(=O)NCc3ccco3)cc2)c2ccc(C)c(C)c2)cc1. The molecular weight excluding hydrogens is 556 g/mol. The predicted octanol–water partition coefficient (Wildman–Crippen LogP) is 4.25. The van der Waals surface area contributed by atoms with Gasteiger partial charge in [0.2, 0.25) is 0 Å². The molecule has 218 valence electrons. The summed E-state index contributed by atoms with van der Waals surface area (Å²) in [6.45, 7) is 5.33. The molecule has 10 nitrogen and oxygen atoms in total. The monoisotopic (exact) mass is 588 g/mol. The molecule has 3 aromatic carbocycles. The molecule has 4 rings (SSSR count). The molecule has 0 spiro atoms. The largest absolute Gasteiger partial charge is 0.484 e. The average molecular weight is 589 g/mol. The molecule has 0 aliphatic heterocycles. The van der Waals surface area contributed by atoms with E-state index in [1.807, 2.05) is 26.8 Å². The van der Waals surface area contributed by atoms with E-state index >= 15 is 0 Å². The van der Waals surface area contributed by atoms with Gasteiger partial charge < -0.3 is 14.5 Å². The van der Waals surface area contributed by atoms with E-state index in [9.17, 15) is 18.0 Å². The molecule has 2 N–H and O–H groups in total. The van der Waals surface area contributed by atoms with Gasteiger partial charge in [-0.05, 0) is 98.1 Å². The van der Waals surface area contributed by atoms with Gasteiger partial charge in [0, 0.05) is 0 Å². The maximum absolute atomic E-state index is 13.6. The number of anilines is 1. The number of hydrazone groups is 1. The number of furan rings is 1. The molecule has 0 bridgehead atoms. The molecule has 2 amide bonds. The normalized spacial score (nSPS) is 11.3. The molecular formula is C31H32N4O6S. The Kier molecular flexibility index (Phi) is 9.77. The molecule has 0 radical (unpaired) electrons. The van der Waals surface area contributed by atoms with Gasteiger partial charge in [-0.1, -0.05) is 23.8 Å². The zero-order chi connectivity index (χ0) is 30.1. The number of hydrogen-bond donors (Lipinski definition) is 2. The van der Waals surface area contributed by atoms with Crippen LogP contribution in [0.1, 0.15) is 28.0 Å². The zero-order valence-electron chi connectivity index (χ0n) is 23.5. The standard InChI is InChI=1S/C31H32N4O6S/c1-22-6-14-29(15-7-22)42(38,39)35(26-11-8-23(2)24(3)17-26)20-30(36)34-33-18-25-9-12-27(13-10-25)41-21-31(37)32-19-28-5-4-16-40-28/h4-18H,19-21H2,1-3H3,(H,32,37)(H,34,36)/b33-18+. The number of sulfonamides is 1. The first kappa shape index (κ1) is 30.1. The molecule has 1 aromatic heterocycles. The number of benzene rings is 3. The number of nitrogens with zero attached hydrogens (tertiary/aromatic N) is 2. The van der Waals surface area contributed by atoms with E-state index < -0.39 is 22.5 Å². The van der Waals surface area contributed by atoms with Crippen molar-refractivity contribution in [1.82, 2.24) is 10.7 Å². The summed E-state index contributed by atoms with van der Waals surface area (Å²) in [5, 5.41) is 6.67. The van der Waals surface area contributed by atoms with Crippen molar-refractivity contribution in [3.63, 3.8) is 0 Å². The number of rotatable bonds is 12. The molecule has 0 unspecified atom stereocenters. The van der Waals surface area contributed by atoms with Crippen LogP contribution in [-0.4, -0.2) is 39.6 Å². The van der Waals surface area contributed by atoms with E-state index in [0.717, 1.165) is 21.0 Å². The minimum absolute atomic E-state index is 0.0833. The Labute approximate surface area is 245 Å². The van der Waals surface area contributed by atoms with E-state index in [-0.39, 0.29) is 24.0 Å². The van der Waals surface area contributed by atoms with Crippen molar-refractivity contribution in [2.45, 2.75) is 32.2 Å². The second-order valence-electron chi connectivity index (χ2n) is 9.60. The molecule has 0 saturated heterocycles. The van der Waals surface area contributed by atoms with E-state index in [0.29, 0.717) is 22.8 Å². The van der Waals surface area contributed by atoms with Crippen LogP contribution in [0.15, 0.2) is 99.5 Å². The molecule has 0 saturated carbocycles. The van der Waals surface area contributed by atoms with E-state index in [1.54, 1.807) is 60.7 Å². The van der Waals surface area contributed by atoms with Crippen LogP contribution in [0.2, 0.25) is 0 Å². The Morgan fingerprint density at radius 2 is 1.67 bits per heavy atom. The lowest BCUT2D eigenvalue weighted by atomic mass is 10.1. The van der Waals surface area contributed by atoms with Crippen LogP contribution in [-0.2, 0) is 26.2 Å². The highest BCUT2D eigenvalue weighted by atomic mass is 32.2. The fourth-order valence-electron chi connectivity index (χ4n) is 3.83. The lowest BCUT2D eigenvalue weighted by molar-refractivity contribution is -0.123. The van der Waals surface area contributed by atoms with Gasteiger partial charge in [-0.3, -0.25) is 13.9 Å². The average Bonchev–Trinajstić information content (AvgIpc) is 3.50. The molecule has 1 heterocycles. The van der Waals surface area contributed by atoms with Crippen LogP contribution in [0.5, 0.6) is 5.75 Å². The van der Waals surface area contributed by atoms with Gasteiger partial charge in [0.1, 0.15) is 18.1 Å². The fraction of sp³-hybridized carbons (Fsp3) is 0.194. The number of nitrogens with one attached hydrogen (secondary N) is 2. The molecule has 0 fully saturated rings. The zero-order valence-corrected chi connectivity index (χ0v) is 24.4. The molecule has 4 aromatic rings. The molecule has 42 heavy (non-hydrogen) atoms. The Hall–Kier alpha value is -4.90. The molecule has 0 atom stereocenters. The smallest absolute Gasteiger partial charge is 0.264 e. The Morgan fingerprint density at radius 3 is 2.33 bits per heavy atom. The first-order valence-corrected chi connectivity index (χ1v) is 14.6. The molecule has 0 aliphatic rings. The van der Waals surface area contributed by atoms with Gasteiger partial charge in [0.15, 0.2) is 6.61 Å². The quantitative estimate of drug-likeness (QED) is 0.188. The highest BCUT2D eigenvalue weighted by Gasteiger charge is 2.27. The predicted molar refractivity (Wildman–Crippen MR) is 160 cm³/mol. The second kappa shape index (κ2) is 13.6. The van der Waals surface area contributed by atoms with Crippen LogP contribution in [0.4, 0.5) is 5.69 Å². The maximum Gasteiger partial charge on any atom is 0.264 e. The Bertz CT molecular complexity index is 1650. The highest BCUT2D eigenvalue weighted by molar-refractivity contribution is 7.92. The van der Waals surface area contributed by atoms with Gasteiger partial charge in [0.25, 0.3) is 21.8 Å². The number of amides is 2. The Morgan fingerprint density at radius 1 is 0.929 bits per heavy atom. The van der Waals surface area contributed by atoms with Gasteiger partial charge in [-0.2, -0.15) is 5.10 Å². The van der Waals surface area contributed by atoms with E-state index in [2.05, 4.69) is 15.8 Å². The summed E-state index contributed by atoms with van der Waals surface area (Å²) in [5.74, 6) is 0.222. The first-order valence-electron chi connectivity index (χ1n) is 13.1. The third kappa shape index (κ3) is 8.07. The summed E-state index contributed by atoms with van der Waals surface area (Å²) in [7, 11) is -4.03. The number of aryl methyl sites for hydroxylation is 3. The third-order valence-corrected chi connectivity index (χ3v) is 8.16. The molecule has 0 aliphatic carbocycles. The lowest BCUT2D eigenvalue weighted by Gasteiger charge is -2.24. The van der Waals surface area contributed by atoms with E-state index in [1.165, 1.54) is 24.6 Å². The van der Waals surface area contributed by atoms with Crippen LogP contribution >= 0.6 is 0 Å².